The minimum atomic E-state index is -4.20. The van der Waals surface area contributed by atoms with Gasteiger partial charge < -0.3 is 0 Å². The summed E-state index contributed by atoms with van der Waals surface area (Å²) in [7, 11) is -4.20. The normalized spacial score (nSPS) is 11.8. The van der Waals surface area contributed by atoms with Crippen molar-refractivity contribution in [3.05, 3.63) is 42.5 Å². The third-order valence-electron chi connectivity index (χ3n) is 1.88. The highest BCUT2D eigenvalue weighted by Crippen LogP contribution is 2.21. The number of hydrogen-bond acceptors (Lipinski definition) is 2. The van der Waals surface area contributed by atoms with Gasteiger partial charge in [0.05, 0.1) is 0 Å². The van der Waals surface area contributed by atoms with Gasteiger partial charge in [0.25, 0.3) is 10.1 Å². The molecule has 0 unspecified atom stereocenters. The summed E-state index contributed by atoms with van der Waals surface area (Å²) in [6.45, 7) is 0. The van der Waals surface area contributed by atoms with E-state index in [9.17, 15) is 8.42 Å². The maximum atomic E-state index is 11.0. The summed E-state index contributed by atoms with van der Waals surface area (Å²) >= 11 is 0. The van der Waals surface area contributed by atoms with E-state index in [0.717, 1.165) is 5.39 Å². The molecule has 0 bridgehead atoms. The Bertz CT molecular complexity index is 567. The van der Waals surface area contributed by atoms with E-state index in [1.165, 1.54) is 12.1 Å². The molecule has 0 saturated carbocycles. The molecule has 2 rings (SSSR count). The van der Waals surface area contributed by atoms with Gasteiger partial charge in [-0.25, -0.2) is 0 Å². The topological polar surface area (TPSA) is 54.4 Å². The van der Waals surface area contributed by atoms with Crippen LogP contribution in [0.2, 0.25) is 0 Å². The van der Waals surface area contributed by atoms with Gasteiger partial charge in [0.1, 0.15) is 4.90 Å². The molecular weight excluding hydrogens is 200 g/mol. The van der Waals surface area contributed by atoms with Gasteiger partial charge in [-0.3, -0.25) is 4.55 Å². The first-order valence-electron chi connectivity index (χ1n) is 3.87. The van der Waals surface area contributed by atoms with E-state index in [0.29, 0.717) is 5.39 Å². The molecule has 1 N–H and O–H groups in total. The summed E-state index contributed by atoms with van der Waals surface area (Å²) in [5, 5.41) is 1.16. The molecule has 70 valence electrons. The first-order valence-corrected chi connectivity index (χ1v) is 5.31. The first kappa shape index (κ1) is 9.18. The predicted octanol–water partition coefficient (Wildman–Crippen LogP) is 1.69. The van der Waals surface area contributed by atoms with E-state index in [1.807, 2.05) is 0 Å². The second kappa shape index (κ2) is 3.08. The van der Waals surface area contributed by atoms with E-state index in [1.54, 1.807) is 18.2 Å². The zero-order chi connectivity index (χ0) is 10.2. The summed E-state index contributed by atoms with van der Waals surface area (Å²) in [5.41, 5.74) is 0. The van der Waals surface area contributed by atoms with Crippen LogP contribution in [-0.2, 0) is 10.1 Å². The minimum absolute atomic E-state index is 0.202. The first-order chi connectivity index (χ1) is 6.59. The third kappa shape index (κ3) is 1.49. The minimum Gasteiger partial charge on any atom is -0.282 e. The van der Waals surface area contributed by atoms with Crippen LogP contribution in [0.3, 0.4) is 0 Å². The molecule has 0 aliphatic heterocycles. The average molecular weight is 206 g/mol. The van der Waals surface area contributed by atoms with Crippen molar-refractivity contribution in [1.82, 2.24) is 0 Å². The van der Waals surface area contributed by atoms with Gasteiger partial charge in [-0.1, -0.05) is 24.3 Å². The molecule has 0 aromatic heterocycles. The zero-order valence-corrected chi connectivity index (χ0v) is 7.88. The smallest absolute Gasteiger partial charge is 0.282 e. The molecule has 2 radical (unpaired) electrons. The Kier molecular flexibility index (Phi) is 2.02. The van der Waals surface area contributed by atoms with Gasteiger partial charge in [-0.15, -0.1) is 0 Å². The fourth-order valence-corrected chi connectivity index (χ4v) is 1.95. The summed E-state index contributed by atoms with van der Waals surface area (Å²) in [4.78, 5) is -0.202. The van der Waals surface area contributed by atoms with Crippen molar-refractivity contribution in [2.75, 3.05) is 0 Å². The Hall–Kier alpha value is -1.39. The molecule has 2 aromatic carbocycles. The Morgan fingerprint density at radius 1 is 1.21 bits per heavy atom. The molecule has 3 nitrogen and oxygen atoms in total. The van der Waals surface area contributed by atoms with Crippen LogP contribution in [0.25, 0.3) is 10.8 Å². The van der Waals surface area contributed by atoms with Crippen molar-refractivity contribution in [2.24, 2.45) is 0 Å². The van der Waals surface area contributed by atoms with Gasteiger partial charge in [-0.05, 0) is 17.5 Å². The van der Waals surface area contributed by atoms with Crippen LogP contribution in [-0.4, -0.2) is 13.0 Å². The maximum Gasteiger partial charge on any atom is 0.295 e. The van der Waals surface area contributed by atoms with E-state index in [2.05, 4.69) is 12.1 Å². The molecule has 2 aromatic rings. The standard InChI is InChI=1S/C10H6O3S/c11-14(12,13)10-7-3-5-8-4-1-2-6-9(8)10/h1,3-6H,(H,11,12,13). The summed E-state index contributed by atoms with van der Waals surface area (Å²) in [6, 6.07) is 13.3. The highest BCUT2D eigenvalue weighted by atomic mass is 32.2. The number of hydrogen-bond donors (Lipinski definition) is 1. The van der Waals surface area contributed by atoms with Crippen molar-refractivity contribution in [3.63, 3.8) is 0 Å². The second-order valence-corrected chi connectivity index (χ2v) is 4.15. The van der Waals surface area contributed by atoms with E-state index < -0.39 is 10.1 Å². The van der Waals surface area contributed by atoms with Crippen molar-refractivity contribution in [2.45, 2.75) is 4.90 Å². The summed E-state index contributed by atoms with van der Waals surface area (Å²) in [5.74, 6) is 0. The largest absolute Gasteiger partial charge is 0.295 e. The molecule has 0 atom stereocenters. The Labute approximate surface area is 81.7 Å². The Morgan fingerprint density at radius 2 is 1.93 bits per heavy atom. The van der Waals surface area contributed by atoms with Gasteiger partial charge in [0, 0.05) is 11.5 Å². The van der Waals surface area contributed by atoms with Crippen LogP contribution >= 0.6 is 0 Å². The van der Waals surface area contributed by atoms with E-state index in [4.69, 9.17) is 4.55 Å². The second-order valence-electron chi connectivity index (χ2n) is 2.80. The molecule has 4 heteroatoms. The summed E-state index contributed by atoms with van der Waals surface area (Å²) in [6.07, 6.45) is 0. The molecule has 0 spiro atoms. The number of benzene rings is 2. The van der Waals surface area contributed by atoms with Crippen LogP contribution in [0, 0.1) is 12.1 Å². The lowest BCUT2D eigenvalue weighted by Crippen LogP contribution is -1.98. The molecule has 0 amide bonds. The SMILES string of the molecule is O=S(=O)(O)c1[c]ccc2cc[c]cc12. The number of rotatable bonds is 1. The Morgan fingerprint density at radius 3 is 2.64 bits per heavy atom. The van der Waals surface area contributed by atoms with Crippen LogP contribution in [0.4, 0.5) is 0 Å². The molecule has 0 saturated heterocycles. The molecule has 0 aliphatic rings. The van der Waals surface area contributed by atoms with Crippen LogP contribution in [0.15, 0.2) is 35.2 Å². The molecule has 0 heterocycles. The predicted molar refractivity (Wildman–Crippen MR) is 51.4 cm³/mol. The van der Waals surface area contributed by atoms with Crippen molar-refractivity contribution in [1.29, 1.82) is 0 Å². The van der Waals surface area contributed by atoms with Crippen LogP contribution < -0.4 is 0 Å². The quantitative estimate of drug-likeness (QED) is 0.722. The van der Waals surface area contributed by atoms with Gasteiger partial charge >= 0.3 is 0 Å². The monoisotopic (exact) mass is 206 g/mol. The van der Waals surface area contributed by atoms with Gasteiger partial charge in [0.2, 0.25) is 0 Å². The van der Waals surface area contributed by atoms with Crippen LogP contribution in [0.5, 0.6) is 0 Å². The highest BCUT2D eigenvalue weighted by Gasteiger charge is 2.12. The van der Waals surface area contributed by atoms with Crippen LogP contribution in [0.1, 0.15) is 0 Å². The highest BCUT2D eigenvalue weighted by molar-refractivity contribution is 7.86. The lowest BCUT2D eigenvalue weighted by Gasteiger charge is -2.01. The fourth-order valence-electron chi connectivity index (χ4n) is 1.28. The van der Waals surface area contributed by atoms with Crippen molar-refractivity contribution in [3.8, 4) is 0 Å². The van der Waals surface area contributed by atoms with Gasteiger partial charge in [-0.2, -0.15) is 8.42 Å². The zero-order valence-electron chi connectivity index (χ0n) is 7.06. The van der Waals surface area contributed by atoms with E-state index in [-0.39, 0.29) is 4.90 Å². The molecule has 14 heavy (non-hydrogen) atoms. The molecule has 0 fully saturated rings. The van der Waals surface area contributed by atoms with Gasteiger partial charge in [0.15, 0.2) is 0 Å². The van der Waals surface area contributed by atoms with E-state index >= 15 is 0 Å². The molecule has 0 aliphatic carbocycles. The molecular formula is C10H6O3S. The lowest BCUT2D eigenvalue weighted by atomic mass is 10.1. The van der Waals surface area contributed by atoms with Crippen molar-refractivity contribution >= 4 is 20.9 Å². The summed E-state index contributed by atoms with van der Waals surface area (Å²) < 4.78 is 30.8. The average Bonchev–Trinajstić information content (AvgIpc) is 2.15. The van der Waals surface area contributed by atoms with Crippen molar-refractivity contribution < 1.29 is 13.0 Å². The lowest BCUT2D eigenvalue weighted by molar-refractivity contribution is 0.484. The Balaban J connectivity index is 2.92. The fraction of sp³-hybridized carbons (Fsp3) is 0. The number of fused-ring (bicyclic) bond motifs is 1. The third-order valence-corrected chi connectivity index (χ3v) is 2.73. The maximum absolute atomic E-state index is 11.0.